The fraction of sp³-hybridized carbons (Fsp3) is 0.438. The number of nitrogens with one attached hydrogen (secondary N) is 1. The van der Waals surface area contributed by atoms with Crippen LogP contribution < -0.4 is 11.1 Å². The Morgan fingerprint density at radius 2 is 2.10 bits per heavy atom. The number of ether oxygens (including phenoxy) is 1. The Balaban J connectivity index is 2.64. The summed E-state index contributed by atoms with van der Waals surface area (Å²) >= 11 is 0. The number of amides is 1. The van der Waals surface area contributed by atoms with E-state index >= 15 is 0 Å². The second-order valence-corrected chi connectivity index (χ2v) is 5.08. The molecule has 20 heavy (non-hydrogen) atoms. The number of carbonyl (C=O) groups excluding carboxylic acids is 1. The Kier molecular flexibility index (Phi) is 6.23. The van der Waals surface area contributed by atoms with E-state index in [1.54, 1.807) is 7.11 Å². The van der Waals surface area contributed by atoms with Crippen molar-refractivity contribution in [3.63, 3.8) is 0 Å². The van der Waals surface area contributed by atoms with Crippen molar-refractivity contribution in [2.75, 3.05) is 13.7 Å². The van der Waals surface area contributed by atoms with Gasteiger partial charge in [0.15, 0.2) is 0 Å². The van der Waals surface area contributed by atoms with Crippen molar-refractivity contribution in [1.29, 1.82) is 0 Å². The maximum absolute atomic E-state index is 11.9. The molecule has 108 valence electrons. The van der Waals surface area contributed by atoms with Crippen molar-refractivity contribution in [2.45, 2.75) is 32.4 Å². The zero-order valence-corrected chi connectivity index (χ0v) is 12.3. The van der Waals surface area contributed by atoms with Gasteiger partial charge in [0.25, 0.3) is 0 Å². The van der Waals surface area contributed by atoms with Crippen molar-refractivity contribution in [3.05, 3.63) is 35.4 Å². The van der Waals surface area contributed by atoms with E-state index in [0.29, 0.717) is 19.5 Å². The first-order valence-corrected chi connectivity index (χ1v) is 6.57. The molecule has 0 radical (unpaired) electrons. The quantitative estimate of drug-likeness (QED) is 0.798. The number of methoxy groups -OCH3 is 1. The molecule has 1 aromatic carbocycles. The molecule has 4 heteroatoms. The maximum atomic E-state index is 11.9. The Morgan fingerprint density at radius 1 is 1.40 bits per heavy atom. The molecule has 0 fully saturated rings. The first-order valence-electron chi connectivity index (χ1n) is 6.57. The average molecular weight is 274 g/mol. The van der Waals surface area contributed by atoms with Gasteiger partial charge in [0.2, 0.25) is 5.91 Å². The lowest BCUT2D eigenvalue weighted by Crippen LogP contribution is -2.33. The van der Waals surface area contributed by atoms with Crippen LogP contribution in [0, 0.1) is 11.8 Å². The van der Waals surface area contributed by atoms with E-state index in [-0.39, 0.29) is 5.91 Å². The topological polar surface area (TPSA) is 64.3 Å². The minimum Gasteiger partial charge on any atom is -0.378 e. The molecule has 1 amide bonds. The first kappa shape index (κ1) is 16.2. The molecule has 0 saturated heterocycles. The monoisotopic (exact) mass is 274 g/mol. The van der Waals surface area contributed by atoms with E-state index in [2.05, 4.69) is 17.2 Å². The molecule has 0 heterocycles. The van der Waals surface area contributed by atoms with Gasteiger partial charge >= 0.3 is 0 Å². The molecule has 0 unspecified atom stereocenters. The van der Waals surface area contributed by atoms with E-state index in [0.717, 1.165) is 11.1 Å². The van der Waals surface area contributed by atoms with Crippen LogP contribution in [0.1, 0.15) is 31.4 Å². The number of nitrogens with two attached hydrogens (primary N) is 1. The second kappa shape index (κ2) is 7.68. The Labute approximate surface area is 120 Å². The van der Waals surface area contributed by atoms with Gasteiger partial charge < -0.3 is 15.8 Å². The van der Waals surface area contributed by atoms with Crippen LogP contribution in [0.25, 0.3) is 0 Å². The molecule has 1 aromatic rings. The van der Waals surface area contributed by atoms with Crippen molar-refractivity contribution in [2.24, 2.45) is 5.73 Å². The Bertz CT molecular complexity index is 513. The maximum Gasteiger partial charge on any atom is 0.223 e. The summed E-state index contributed by atoms with van der Waals surface area (Å²) in [6, 6.07) is 7.71. The van der Waals surface area contributed by atoms with Crippen molar-refractivity contribution >= 4 is 5.91 Å². The summed E-state index contributed by atoms with van der Waals surface area (Å²) < 4.78 is 5.24. The minimum absolute atomic E-state index is 0.0431. The van der Waals surface area contributed by atoms with Gasteiger partial charge in [-0.1, -0.05) is 30.0 Å². The molecule has 0 aliphatic carbocycles. The zero-order chi connectivity index (χ0) is 15.0. The van der Waals surface area contributed by atoms with E-state index in [1.165, 1.54) is 0 Å². The SMILES string of the molecule is COC(C)(C)CC(=O)NCc1ccccc1C#CCN. The summed E-state index contributed by atoms with van der Waals surface area (Å²) in [5.41, 5.74) is 6.80. The third-order valence-electron chi connectivity index (χ3n) is 2.96. The van der Waals surface area contributed by atoms with Crippen molar-refractivity contribution < 1.29 is 9.53 Å². The molecule has 0 atom stereocenters. The molecule has 0 bridgehead atoms. The number of hydrogen-bond donors (Lipinski definition) is 2. The summed E-state index contributed by atoms with van der Waals surface area (Å²) in [6.07, 6.45) is 0.320. The average Bonchev–Trinajstić information content (AvgIpc) is 2.43. The smallest absolute Gasteiger partial charge is 0.223 e. The van der Waals surface area contributed by atoms with Gasteiger partial charge in [0.1, 0.15) is 0 Å². The highest BCUT2D eigenvalue weighted by Gasteiger charge is 2.20. The van der Waals surface area contributed by atoms with Gasteiger partial charge in [-0.15, -0.1) is 0 Å². The lowest BCUT2D eigenvalue weighted by molar-refractivity contribution is -0.126. The molecule has 3 N–H and O–H groups in total. The second-order valence-electron chi connectivity index (χ2n) is 5.08. The van der Waals surface area contributed by atoms with E-state index in [4.69, 9.17) is 10.5 Å². The van der Waals surface area contributed by atoms with E-state index in [1.807, 2.05) is 38.1 Å². The van der Waals surface area contributed by atoms with Gasteiger partial charge in [0, 0.05) is 19.2 Å². The van der Waals surface area contributed by atoms with Crippen LogP contribution >= 0.6 is 0 Å². The molecule has 0 aliphatic rings. The molecule has 4 nitrogen and oxygen atoms in total. The largest absolute Gasteiger partial charge is 0.378 e. The van der Waals surface area contributed by atoms with Crippen molar-refractivity contribution in [1.82, 2.24) is 5.32 Å². The van der Waals surface area contributed by atoms with E-state index in [9.17, 15) is 4.79 Å². The number of carbonyl (C=O) groups is 1. The lowest BCUT2D eigenvalue weighted by Gasteiger charge is -2.22. The first-order chi connectivity index (χ1) is 9.48. The predicted molar refractivity (Wildman–Crippen MR) is 79.9 cm³/mol. The van der Waals surface area contributed by atoms with E-state index < -0.39 is 5.60 Å². The molecular formula is C16H22N2O2. The van der Waals surface area contributed by atoms with Crippen LogP contribution in [0.15, 0.2) is 24.3 Å². The summed E-state index contributed by atoms with van der Waals surface area (Å²) in [6.45, 7) is 4.54. The van der Waals surface area contributed by atoms with Gasteiger partial charge in [-0.25, -0.2) is 0 Å². The van der Waals surface area contributed by atoms with Gasteiger partial charge in [-0.05, 0) is 25.5 Å². The van der Waals surface area contributed by atoms with Crippen LogP contribution in [0.2, 0.25) is 0 Å². The standard InChI is InChI=1S/C16H22N2O2/c1-16(2,20-3)11-15(19)18-12-14-8-5-4-7-13(14)9-6-10-17/h4-5,7-8H,10-12,17H2,1-3H3,(H,18,19). The van der Waals surface area contributed by atoms with Crippen LogP contribution in [-0.4, -0.2) is 25.2 Å². The van der Waals surface area contributed by atoms with Crippen LogP contribution in [0.3, 0.4) is 0 Å². The summed E-state index contributed by atoms with van der Waals surface area (Å²) in [4.78, 5) is 11.9. The Morgan fingerprint density at radius 3 is 2.75 bits per heavy atom. The number of hydrogen-bond acceptors (Lipinski definition) is 3. The highest BCUT2D eigenvalue weighted by atomic mass is 16.5. The fourth-order valence-electron chi connectivity index (χ4n) is 1.66. The molecule has 0 saturated carbocycles. The van der Waals surface area contributed by atoms with Gasteiger partial charge in [-0.2, -0.15) is 0 Å². The number of rotatable bonds is 5. The van der Waals surface area contributed by atoms with Crippen LogP contribution in [-0.2, 0) is 16.1 Å². The molecule has 0 aromatic heterocycles. The van der Waals surface area contributed by atoms with Gasteiger partial charge in [0.05, 0.1) is 18.6 Å². The minimum atomic E-state index is -0.455. The predicted octanol–water partition coefficient (Wildman–Crippen LogP) is 1.43. The molecule has 0 aliphatic heterocycles. The van der Waals surface area contributed by atoms with Crippen LogP contribution in [0.5, 0.6) is 0 Å². The lowest BCUT2D eigenvalue weighted by atomic mass is 10.0. The number of benzene rings is 1. The summed E-state index contributed by atoms with van der Waals surface area (Å²) in [5.74, 6) is 5.79. The zero-order valence-electron chi connectivity index (χ0n) is 12.3. The summed E-state index contributed by atoms with van der Waals surface area (Å²) in [5, 5.41) is 2.89. The molecule has 0 spiro atoms. The summed E-state index contributed by atoms with van der Waals surface area (Å²) in [7, 11) is 1.60. The molecular weight excluding hydrogens is 252 g/mol. The van der Waals surface area contributed by atoms with Crippen molar-refractivity contribution in [3.8, 4) is 11.8 Å². The Hall–Kier alpha value is -1.83. The normalized spacial score (nSPS) is 10.6. The highest BCUT2D eigenvalue weighted by Crippen LogP contribution is 2.13. The third kappa shape index (κ3) is 5.43. The third-order valence-corrected chi connectivity index (χ3v) is 2.96. The van der Waals surface area contributed by atoms with Crippen LogP contribution in [0.4, 0.5) is 0 Å². The molecule has 1 rings (SSSR count). The fourth-order valence-corrected chi connectivity index (χ4v) is 1.66. The van der Waals surface area contributed by atoms with Gasteiger partial charge in [-0.3, -0.25) is 4.79 Å². The highest BCUT2D eigenvalue weighted by molar-refractivity contribution is 5.77.